The van der Waals surface area contributed by atoms with Crippen LogP contribution in [0.15, 0.2) is 6.07 Å². The first-order valence-electron chi connectivity index (χ1n) is 5.92. The molecule has 2 rings (SSSR count). The molecule has 16 heavy (non-hydrogen) atoms. The Kier molecular flexibility index (Phi) is 3.39. The monoisotopic (exact) mass is 220 g/mol. The molecule has 1 aromatic heterocycles. The van der Waals surface area contributed by atoms with Crippen LogP contribution in [0, 0.1) is 13.8 Å². The molecule has 0 unspecified atom stereocenters. The Labute approximate surface area is 97.1 Å². The summed E-state index contributed by atoms with van der Waals surface area (Å²) in [5.41, 5.74) is 2.07. The number of nitrogens with zero attached hydrogens (tertiary/aromatic N) is 3. The molecule has 1 aliphatic heterocycles. The van der Waals surface area contributed by atoms with Crippen LogP contribution in [0.25, 0.3) is 0 Å². The SMILES string of the molecule is Cc1cc(C)nc(N(C)C[C@H]2CCCN2)n1. The van der Waals surface area contributed by atoms with Gasteiger partial charge >= 0.3 is 0 Å². The van der Waals surface area contributed by atoms with E-state index in [1.54, 1.807) is 0 Å². The minimum absolute atomic E-state index is 0.592. The van der Waals surface area contributed by atoms with Gasteiger partial charge in [-0.1, -0.05) is 0 Å². The van der Waals surface area contributed by atoms with Gasteiger partial charge in [0.2, 0.25) is 5.95 Å². The van der Waals surface area contributed by atoms with Crippen LogP contribution in [0.3, 0.4) is 0 Å². The van der Waals surface area contributed by atoms with Crippen molar-refractivity contribution < 1.29 is 0 Å². The van der Waals surface area contributed by atoms with Gasteiger partial charge in [-0.2, -0.15) is 0 Å². The normalized spacial score (nSPS) is 20.1. The minimum Gasteiger partial charge on any atom is -0.342 e. The van der Waals surface area contributed by atoms with Crippen LogP contribution in [0.4, 0.5) is 5.95 Å². The highest BCUT2D eigenvalue weighted by Gasteiger charge is 2.17. The largest absolute Gasteiger partial charge is 0.342 e. The van der Waals surface area contributed by atoms with E-state index < -0.39 is 0 Å². The van der Waals surface area contributed by atoms with Crippen molar-refractivity contribution in [3.8, 4) is 0 Å². The molecular formula is C12H20N4. The molecule has 4 nitrogen and oxygen atoms in total. The second kappa shape index (κ2) is 4.78. The van der Waals surface area contributed by atoms with Crippen molar-refractivity contribution in [3.05, 3.63) is 17.5 Å². The van der Waals surface area contributed by atoms with E-state index in [0.29, 0.717) is 6.04 Å². The number of rotatable bonds is 3. The highest BCUT2D eigenvalue weighted by Crippen LogP contribution is 2.12. The Balaban J connectivity index is 2.04. The van der Waals surface area contributed by atoms with Gasteiger partial charge < -0.3 is 10.2 Å². The molecule has 1 N–H and O–H groups in total. The fourth-order valence-corrected chi connectivity index (χ4v) is 2.20. The van der Waals surface area contributed by atoms with E-state index in [1.165, 1.54) is 12.8 Å². The molecule has 0 aliphatic carbocycles. The van der Waals surface area contributed by atoms with E-state index in [4.69, 9.17) is 0 Å². The number of hydrogen-bond acceptors (Lipinski definition) is 4. The molecule has 1 aromatic rings. The lowest BCUT2D eigenvalue weighted by molar-refractivity contribution is 0.593. The van der Waals surface area contributed by atoms with Gasteiger partial charge in [0.05, 0.1) is 0 Å². The number of aromatic nitrogens is 2. The van der Waals surface area contributed by atoms with Gasteiger partial charge in [-0.25, -0.2) is 9.97 Å². The van der Waals surface area contributed by atoms with Crippen molar-refractivity contribution in [1.82, 2.24) is 15.3 Å². The average molecular weight is 220 g/mol. The second-order valence-corrected chi connectivity index (χ2v) is 4.62. The molecule has 2 heterocycles. The molecule has 0 bridgehead atoms. The van der Waals surface area contributed by atoms with Gasteiger partial charge in [0.15, 0.2) is 0 Å². The lowest BCUT2D eigenvalue weighted by atomic mass is 10.2. The first-order chi connectivity index (χ1) is 7.65. The van der Waals surface area contributed by atoms with Gasteiger partial charge in [0.25, 0.3) is 0 Å². The molecule has 1 atom stereocenters. The van der Waals surface area contributed by atoms with Crippen molar-refractivity contribution in [2.45, 2.75) is 32.7 Å². The van der Waals surface area contributed by atoms with Gasteiger partial charge in [0.1, 0.15) is 0 Å². The van der Waals surface area contributed by atoms with Crippen LogP contribution >= 0.6 is 0 Å². The maximum absolute atomic E-state index is 4.46. The summed E-state index contributed by atoms with van der Waals surface area (Å²) in [6.07, 6.45) is 2.54. The molecule has 1 aliphatic rings. The lowest BCUT2D eigenvalue weighted by Gasteiger charge is -2.21. The van der Waals surface area contributed by atoms with E-state index in [9.17, 15) is 0 Å². The summed E-state index contributed by atoms with van der Waals surface area (Å²) in [6.45, 7) is 6.16. The number of likely N-dealkylation sites (N-methyl/N-ethyl adjacent to an activating group) is 1. The van der Waals surface area contributed by atoms with E-state index in [0.717, 1.165) is 30.4 Å². The van der Waals surface area contributed by atoms with Gasteiger partial charge in [-0.05, 0) is 39.3 Å². The summed E-state index contributed by atoms with van der Waals surface area (Å²) < 4.78 is 0. The molecule has 1 fully saturated rings. The molecule has 0 radical (unpaired) electrons. The minimum atomic E-state index is 0.592. The summed E-state index contributed by atoms with van der Waals surface area (Å²) >= 11 is 0. The zero-order valence-electron chi connectivity index (χ0n) is 10.3. The number of anilines is 1. The number of aryl methyl sites for hydroxylation is 2. The Hall–Kier alpha value is -1.16. The molecule has 0 aromatic carbocycles. The Morgan fingerprint density at radius 2 is 2.06 bits per heavy atom. The highest BCUT2D eigenvalue weighted by atomic mass is 15.2. The topological polar surface area (TPSA) is 41.1 Å². The third kappa shape index (κ3) is 2.70. The quantitative estimate of drug-likeness (QED) is 0.833. The van der Waals surface area contributed by atoms with E-state index in [2.05, 4.69) is 27.2 Å². The van der Waals surface area contributed by atoms with Crippen molar-refractivity contribution in [2.24, 2.45) is 0 Å². The van der Waals surface area contributed by atoms with Crippen molar-refractivity contribution in [3.63, 3.8) is 0 Å². The third-order valence-electron chi connectivity index (χ3n) is 2.97. The number of nitrogens with one attached hydrogen (secondary N) is 1. The smallest absolute Gasteiger partial charge is 0.225 e. The van der Waals surface area contributed by atoms with Crippen LogP contribution in [-0.4, -0.2) is 36.1 Å². The fraction of sp³-hybridized carbons (Fsp3) is 0.667. The standard InChI is InChI=1S/C12H20N4/c1-9-7-10(2)15-12(14-9)16(3)8-11-5-4-6-13-11/h7,11,13H,4-6,8H2,1-3H3/t11-/m1/s1. The van der Waals surface area contributed by atoms with Crippen LogP contribution < -0.4 is 10.2 Å². The summed E-state index contributed by atoms with van der Waals surface area (Å²) in [5, 5.41) is 3.49. The van der Waals surface area contributed by atoms with E-state index in [1.807, 2.05) is 19.9 Å². The zero-order chi connectivity index (χ0) is 11.5. The average Bonchev–Trinajstić information content (AvgIpc) is 2.68. The molecule has 0 spiro atoms. The first kappa shape index (κ1) is 11.3. The summed E-state index contributed by atoms with van der Waals surface area (Å²) in [6, 6.07) is 2.60. The Morgan fingerprint density at radius 1 is 1.38 bits per heavy atom. The van der Waals surface area contributed by atoms with Crippen molar-refractivity contribution in [2.75, 3.05) is 25.0 Å². The van der Waals surface area contributed by atoms with Crippen LogP contribution in [0.1, 0.15) is 24.2 Å². The van der Waals surface area contributed by atoms with Crippen LogP contribution in [-0.2, 0) is 0 Å². The molecule has 4 heteroatoms. The predicted molar refractivity (Wildman–Crippen MR) is 65.8 cm³/mol. The van der Waals surface area contributed by atoms with Gasteiger partial charge in [0, 0.05) is 31.0 Å². The van der Waals surface area contributed by atoms with Crippen molar-refractivity contribution >= 4 is 5.95 Å². The highest BCUT2D eigenvalue weighted by molar-refractivity contribution is 5.31. The maximum atomic E-state index is 4.46. The maximum Gasteiger partial charge on any atom is 0.225 e. The van der Waals surface area contributed by atoms with E-state index >= 15 is 0 Å². The van der Waals surface area contributed by atoms with Gasteiger partial charge in [-0.3, -0.25) is 0 Å². The van der Waals surface area contributed by atoms with Crippen LogP contribution in [0.5, 0.6) is 0 Å². The lowest BCUT2D eigenvalue weighted by Crippen LogP contribution is -2.36. The first-order valence-corrected chi connectivity index (χ1v) is 5.92. The Morgan fingerprint density at radius 3 is 2.62 bits per heavy atom. The van der Waals surface area contributed by atoms with Gasteiger partial charge in [-0.15, -0.1) is 0 Å². The molecule has 1 saturated heterocycles. The fourth-order valence-electron chi connectivity index (χ4n) is 2.20. The zero-order valence-corrected chi connectivity index (χ0v) is 10.3. The summed E-state index contributed by atoms with van der Waals surface area (Å²) in [7, 11) is 2.06. The number of hydrogen-bond donors (Lipinski definition) is 1. The molecule has 88 valence electrons. The molecule has 0 saturated carbocycles. The Bertz CT molecular complexity index is 338. The second-order valence-electron chi connectivity index (χ2n) is 4.62. The third-order valence-corrected chi connectivity index (χ3v) is 2.97. The summed E-state index contributed by atoms with van der Waals surface area (Å²) in [4.78, 5) is 11.1. The predicted octanol–water partition coefficient (Wildman–Crippen LogP) is 1.28. The molecular weight excluding hydrogens is 200 g/mol. The van der Waals surface area contributed by atoms with Crippen LogP contribution in [0.2, 0.25) is 0 Å². The molecule has 0 amide bonds. The summed E-state index contributed by atoms with van der Waals surface area (Å²) in [5.74, 6) is 0.839. The van der Waals surface area contributed by atoms with E-state index in [-0.39, 0.29) is 0 Å². The van der Waals surface area contributed by atoms with Crippen molar-refractivity contribution in [1.29, 1.82) is 0 Å².